The Morgan fingerprint density at radius 1 is 1.39 bits per heavy atom. The van der Waals surface area contributed by atoms with Crippen LogP contribution in [0.15, 0.2) is 55.7 Å². The van der Waals surface area contributed by atoms with Crippen molar-refractivity contribution in [2.45, 2.75) is 19.8 Å². The van der Waals surface area contributed by atoms with Gasteiger partial charge in [0.15, 0.2) is 0 Å². The Morgan fingerprint density at radius 2 is 2.17 bits per heavy atom. The molecule has 0 spiro atoms. The molecular weight excluding hydrogens is 220 g/mol. The lowest BCUT2D eigenvalue weighted by atomic mass is 10.2. The first-order chi connectivity index (χ1) is 8.77. The number of hydrogen-bond acceptors (Lipinski definition) is 1. The molecule has 0 aliphatic heterocycles. The number of hydrogen-bond donors (Lipinski definition) is 0. The molecule has 0 saturated heterocycles. The molecule has 0 bridgehead atoms. The van der Waals surface area contributed by atoms with Crippen molar-refractivity contribution in [3.05, 3.63) is 61.5 Å². The van der Waals surface area contributed by atoms with Gasteiger partial charge in [0.25, 0.3) is 0 Å². The van der Waals surface area contributed by atoms with Crippen LogP contribution in [0.25, 0.3) is 16.7 Å². The van der Waals surface area contributed by atoms with E-state index in [9.17, 15) is 0 Å². The summed E-state index contributed by atoms with van der Waals surface area (Å²) in [6.45, 7) is 9.95. The summed E-state index contributed by atoms with van der Waals surface area (Å²) in [5.74, 6) is 1.06. The summed E-state index contributed by atoms with van der Waals surface area (Å²) in [7, 11) is 0. The highest BCUT2D eigenvalue weighted by Gasteiger charge is 2.10. The van der Waals surface area contributed by atoms with Gasteiger partial charge >= 0.3 is 0 Å². The number of allylic oxidation sites excluding steroid dienone is 4. The van der Waals surface area contributed by atoms with Crippen LogP contribution in [-0.2, 0) is 6.42 Å². The van der Waals surface area contributed by atoms with E-state index >= 15 is 0 Å². The van der Waals surface area contributed by atoms with Gasteiger partial charge in [-0.1, -0.05) is 50.4 Å². The van der Waals surface area contributed by atoms with Crippen LogP contribution in [0.4, 0.5) is 0 Å². The molecule has 2 rings (SSSR count). The molecule has 0 radical (unpaired) electrons. The predicted octanol–water partition coefficient (Wildman–Crippen LogP) is 4.20. The van der Waals surface area contributed by atoms with Crippen LogP contribution in [0, 0.1) is 0 Å². The Kier molecular flexibility index (Phi) is 3.78. The average Bonchev–Trinajstić information content (AvgIpc) is 2.77. The van der Waals surface area contributed by atoms with Crippen molar-refractivity contribution in [3.63, 3.8) is 0 Å². The number of aryl methyl sites for hydroxylation is 1. The van der Waals surface area contributed by atoms with Gasteiger partial charge in [-0.05, 0) is 12.1 Å². The summed E-state index contributed by atoms with van der Waals surface area (Å²) in [5.41, 5.74) is 3.20. The molecular formula is C16H18N2. The Labute approximate surface area is 108 Å². The predicted molar refractivity (Wildman–Crippen MR) is 78.4 cm³/mol. The third-order valence-corrected chi connectivity index (χ3v) is 2.89. The highest BCUT2D eigenvalue weighted by atomic mass is 15.1. The van der Waals surface area contributed by atoms with E-state index < -0.39 is 0 Å². The van der Waals surface area contributed by atoms with Crippen LogP contribution in [0.5, 0.6) is 0 Å². The van der Waals surface area contributed by atoms with Crippen LogP contribution >= 0.6 is 0 Å². The second-order valence-corrected chi connectivity index (χ2v) is 4.14. The monoisotopic (exact) mass is 238 g/mol. The molecule has 0 saturated carbocycles. The normalized spacial score (nSPS) is 11.2. The quantitative estimate of drug-likeness (QED) is 0.714. The Balaban J connectivity index is 2.44. The lowest BCUT2D eigenvalue weighted by molar-refractivity contribution is 0.908. The topological polar surface area (TPSA) is 17.8 Å². The van der Waals surface area contributed by atoms with Gasteiger partial charge < -0.3 is 4.57 Å². The molecule has 92 valence electrons. The van der Waals surface area contributed by atoms with Gasteiger partial charge in [-0.3, -0.25) is 0 Å². The smallest absolute Gasteiger partial charge is 0.113 e. The molecule has 0 atom stereocenters. The molecule has 0 aliphatic carbocycles. The third kappa shape index (κ3) is 2.28. The van der Waals surface area contributed by atoms with Gasteiger partial charge in [-0.25, -0.2) is 4.98 Å². The molecule has 0 fully saturated rings. The molecule has 0 N–H and O–H groups in total. The van der Waals surface area contributed by atoms with Crippen molar-refractivity contribution in [3.8, 4) is 0 Å². The van der Waals surface area contributed by atoms with E-state index in [2.05, 4.69) is 41.8 Å². The molecule has 1 heterocycles. The summed E-state index contributed by atoms with van der Waals surface area (Å²) in [6.07, 6.45) is 7.48. The molecule has 0 amide bonds. The first-order valence-electron chi connectivity index (χ1n) is 6.20. The summed E-state index contributed by atoms with van der Waals surface area (Å²) in [6, 6.07) is 8.17. The fourth-order valence-corrected chi connectivity index (χ4v) is 2.06. The maximum atomic E-state index is 4.64. The zero-order chi connectivity index (χ0) is 13.0. The van der Waals surface area contributed by atoms with E-state index in [-0.39, 0.29) is 0 Å². The van der Waals surface area contributed by atoms with Crippen LogP contribution < -0.4 is 0 Å². The van der Waals surface area contributed by atoms with Crippen LogP contribution in [0.2, 0.25) is 0 Å². The molecule has 0 unspecified atom stereocenters. The van der Waals surface area contributed by atoms with Gasteiger partial charge in [0.2, 0.25) is 0 Å². The second-order valence-electron chi connectivity index (χ2n) is 4.14. The number of benzene rings is 1. The minimum absolute atomic E-state index is 0.805. The second kappa shape index (κ2) is 5.50. The van der Waals surface area contributed by atoms with Crippen LogP contribution in [0.1, 0.15) is 19.2 Å². The van der Waals surface area contributed by atoms with Crippen molar-refractivity contribution in [1.82, 2.24) is 9.55 Å². The minimum Gasteiger partial charge on any atom is -0.300 e. The summed E-state index contributed by atoms with van der Waals surface area (Å²) < 4.78 is 2.16. The highest BCUT2D eigenvalue weighted by molar-refractivity contribution is 5.80. The molecule has 1 aromatic carbocycles. The van der Waals surface area contributed by atoms with Crippen LogP contribution in [-0.4, -0.2) is 9.55 Å². The number of nitrogens with zero attached hydrogens (tertiary/aromatic N) is 2. The minimum atomic E-state index is 0.805. The summed E-state index contributed by atoms with van der Waals surface area (Å²) >= 11 is 0. The molecule has 2 heteroatoms. The number of aromatic nitrogens is 2. The Hall–Kier alpha value is -2.09. The SMILES string of the molecule is C=C/C=C\CC(=C)n1c(CC)nc2ccccc21. The van der Waals surface area contributed by atoms with Gasteiger partial charge in [-0.2, -0.15) is 0 Å². The van der Waals surface area contributed by atoms with Crippen molar-refractivity contribution >= 4 is 16.7 Å². The maximum absolute atomic E-state index is 4.64. The van der Waals surface area contributed by atoms with E-state index in [4.69, 9.17) is 0 Å². The van der Waals surface area contributed by atoms with E-state index in [0.717, 1.165) is 35.4 Å². The zero-order valence-corrected chi connectivity index (χ0v) is 10.8. The first kappa shape index (κ1) is 12.4. The van der Waals surface area contributed by atoms with Crippen molar-refractivity contribution in [2.24, 2.45) is 0 Å². The summed E-state index contributed by atoms with van der Waals surface area (Å²) in [5, 5.41) is 0. The fourth-order valence-electron chi connectivity index (χ4n) is 2.06. The van der Waals surface area contributed by atoms with E-state index in [0.29, 0.717) is 0 Å². The van der Waals surface area contributed by atoms with Crippen molar-refractivity contribution < 1.29 is 0 Å². The lowest BCUT2D eigenvalue weighted by Gasteiger charge is -2.09. The molecule has 2 nitrogen and oxygen atoms in total. The standard InChI is InChI=1S/C16H18N2/c1-4-6-7-10-13(3)18-15-12-9-8-11-14(15)17-16(18)5-2/h4,6-9,11-12H,1,3,5,10H2,2H3/b7-6-. The van der Waals surface area contributed by atoms with Gasteiger partial charge in [0.1, 0.15) is 5.82 Å². The number of imidazole rings is 1. The van der Waals surface area contributed by atoms with Crippen LogP contribution in [0.3, 0.4) is 0 Å². The highest BCUT2D eigenvalue weighted by Crippen LogP contribution is 2.22. The molecule has 2 aromatic rings. The number of para-hydroxylation sites is 2. The fraction of sp³-hybridized carbons (Fsp3) is 0.188. The van der Waals surface area contributed by atoms with Crippen molar-refractivity contribution in [1.29, 1.82) is 0 Å². The van der Waals surface area contributed by atoms with E-state index in [1.807, 2.05) is 24.3 Å². The third-order valence-electron chi connectivity index (χ3n) is 2.89. The first-order valence-corrected chi connectivity index (χ1v) is 6.20. The largest absolute Gasteiger partial charge is 0.300 e. The van der Waals surface area contributed by atoms with Gasteiger partial charge in [0.05, 0.1) is 11.0 Å². The average molecular weight is 238 g/mol. The zero-order valence-electron chi connectivity index (χ0n) is 10.8. The van der Waals surface area contributed by atoms with Crippen molar-refractivity contribution in [2.75, 3.05) is 0 Å². The van der Waals surface area contributed by atoms with Gasteiger partial charge in [-0.15, -0.1) is 0 Å². The van der Waals surface area contributed by atoms with Gasteiger partial charge in [0, 0.05) is 18.5 Å². The number of fused-ring (bicyclic) bond motifs is 1. The molecule has 18 heavy (non-hydrogen) atoms. The Morgan fingerprint density at radius 3 is 2.89 bits per heavy atom. The van der Waals surface area contributed by atoms with E-state index in [1.54, 1.807) is 6.08 Å². The Bertz CT molecular complexity index is 603. The summed E-state index contributed by atoms with van der Waals surface area (Å²) in [4.78, 5) is 4.64. The number of rotatable bonds is 5. The molecule has 0 aliphatic rings. The molecule has 1 aromatic heterocycles. The maximum Gasteiger partial charge on any atom is 0.113 e. The lowest BCUT2D eigenvalue weighted by Crippen LogP contribution is -2.00. The van der Waals surface area contributed by atoms with E-state index in [1.165, 1.54) is 0 Å².